The monoisotopic (exact) mass is 807 g/mol. The molecular formula is C46H95O8P. The minimum absolute atomic E-state index is 0.0223. The summed E-state index contributed by atoms with van der Waals surface area (Å²) in [6.07, 6.45) is 43.5. The fourth-order valence-corrected chi connectivity index (χ4v) is 7.61. The average molecular weight is 807 g/mol. The number of hydrogen-bond acceptors (Lipinski definition) is 7. The highest BCUT2D eigenvalue weighted by Gasteiger charge is 2.20. The highest BCUT2D eigenvalue weighted by molar-refractivity contribution is 7.47. The van der Waals surface area contributed by atoms with Crippen molar-refractivity contribution in [2.24, 2.45) is 0 Å². The first-order valence-corrected chi connectivity index (χ1v) is 25.4. The van der Waals surface area contributed by atoms with Crippen LogP contribution in [-0.4, -0.2) is 70.0 Å². The number of phosphoric ester groups is 1. The van der Waals surface area contributed by atoms with Crippen LogP contribution in [0.3, 0.4) is 0 Å². The van der Waals surface area contributed by atoms with E-state index in [2.05, 4.69) is 13.8 Å². The highest BCUT2D eigenvalue weighted by atomic mass is 31.2. The van der Waals surface area contributed by atoms with E-state index in [0.717, 1.165) is 26.1 Å². The summed E-state index contributed by atoms with van der Waals surface area (Å²) in [7, 11) is -4.14. The summed E-state index contributed by atoms with van der Waals surface area (Å²) in [5, 5.41) is 0. The third kappa shape index (κ3) is 46.5. The minimum Gasteiger partial charge on any atom is -0.376 e. The standard InChI is InChI=1S/C46H95O8P/c1-5-7-9-11-13-15-17-19-21-23-25-27-29-31-33-35-37-51-45(3)43-49-39-41-53-55(47,48)54-42-40-50-44-46(4)52-38-36-34-32-30-28-26-24-22-20-18-16-14-12-10-8-6-2/h45-46H,5-44H2,1-4H3,(H,47,48). The van der Waals surface area contributed by atoms with E-state index in [1.165, 1.54) is 193 Å². The molecule has 0 aromatic rings. The Kier molecular flexibility index (Phi) is 45.0. The second kappa shape index (κ2) is 45.0. The lowest BCUT2D eigenvalue weighted by molar-refractivity contribution is -0.0213. The van der Waals surface area contributed by atoms with Gasteiger partial charge in [-0.25, -0.2) is 4.57 Å². The van der Waals surface area contributed by atoms with Gasteiger partial charge in [0.05, 0.1) is 51.8 Å². The van der Waals surface area contributed by atoms with E-state index in [1.807, 2.05) is 13.8 Å². The summed E-state index contributed by atoms with van der Waals surface area (Å²) >= 11 is 0. The quantitative estimate of drug-likeness (QED) is 0.0480. The molecule has 0 aromatic heterocycles. The molecule has 0 saturated heterocycles. The lowest BCUT2D eigenvalue weighted by Gasteiger charge is -2.16. The van der Waals surface area contributed by atoms with Crippen LogP contribution in [0.4, 0.5) is 0 Å². The second-order valence-electron chi connectivity index (χ2n) is 16.3. The maximum atomic E-state index is 12.1. The van der Waals surface area contributed by atoms with Crippen molar-refractivity contribution in [3.63, 3.8) is 0 Å². The van der Waals surface area contributed by atoms with Crippen LogP contribution >= 0.6 is 7.82 Å². The fourth-order valence-electron chi connectivity index (χ4n) is 6.92. The summed E-state index contributed by atoms with van der Waals surface area (Å²) < 4.78 is 45.0. The van der Waals surface area contributed by atoms with Crippen LogP contribution in [0.15, 0.2) is 0 Å². The molecule has 0 radical (unpaired) electrons. The Morgan fingerprint density at radius 1 is 0.364 bits per heavy atom. The summed E-state index contributed by atoms with van der Waals surface area (Å²) in [5.41, 5.74) is 0. The Hall–Kier alpha value is -0.0500. The predicted molar refractivity (Wildman–Crippen MR) is 233 cm³/mol. The van der Waals surface area contributed by atoms with E-state index >= 15 is 0 Å². The van der Waals surface area contributed by atoms with Crippen molar-refractivity contribution in [3.8, 4) is 0 Å². The molecule has 0 saturated carbocycles. The first-order valence-electron chi connectivity index (χ1n) is 23.9. The van der Waals surface area contributed by atoms with Crippen molar-refractivity contribution < 1.29 is 37.5 Å². The average Bonchev–Trinajstić information content (AvgIpc) is 3.17. The molecule has 0 bridgehead atoms. The van der Waals surface area contributed by atoms with E-state index in [0.29, 0.717) is 13.2 Å². The number of hydrogen-bond donors (Lipinski definition) is 1. The number of unbranched alkanes of at least 4 members (excludes halogenated alkanes) is 30. The zero-order chi connectivity index (χ0) is 40.2. The predicted octanol–water partition coefficient (Wildman–Crippen LogP) is 14.5. The molecule has 55 heavy (non-hydrogen) atoms. The summed E-state index contributed by atoms with van der Waals surface area (Å²) in [6.45, 7) is 11.2. The van der Waals surface area contributed by atoms with Crippen LogP contribution in [0, 0.1) is 0 Å². The summed E-state index contributed by atoms with van der Waals surface area (Å²) in [6, 6.07) is 0. The third-order valence-electron chi connectivity index (χ3n) is 10.5. The van der Waals surface area contributed by atoms with Crippen molar-refractivity contribution in [2.75, 3.05) is 52.9 Å². The highest BCUT2D eigenvalue weighted by Crippen LogP contribution is 2.42. The molecular weight excluding hydrogens is 711 g/mol. The van der Waals surface area contributed by atoms with Crippen LogP contribution in [0.5, 0.6) is 0 Å². The van der Waals surface area contributed by atoms with Gasteiger partial charge in [-0.1, -0.05) is 206 Å². The molecule has 0 aliphatic heterocycles. The smallest absolute Gasteiger partial charge is 0.376 e. The minimum atomic E-state index is -4.14. The lowest BCUT2D eigenvalue weighted by atomic mass is 10.0. The van der Waals surface area contributed by atoms with Gasteiger partial charge in [0.15, 0.2) is 0 Å². The Balaban J connectivity index is 3.41. The lowest BCUT2D eigenvalue weighted by Crippen LogP contribution is -2.19. The van der Waals surface area contributed by atoms with Gasteiger partial charge in [0.2, 0.25) is 0 Å². The van der Waals surface area contributed by atoms with E-state index in [9.17, 15) is 9.46 Å². The van der Waals surface area contributed by atoms with Crippen LogP contribution < -0.4 is 0 Å². The maximum Gasteiger partial charge on any atom is 0.472 e. The number of phosphoric acid groups is 1. The topological polar surface area (TPSA) is 92.7 Å². The van der Waals surface area contributed by atoms with Crippen LogP contribution in [-0.2, 0) is 32.6 Å². The number of rotatable bonds is 48. The van der Waals surface area contributed by atoms with Gasteiger partial charge < -0.3 is 23.8 Å². The van der Waals surface area contributed by atoms with Crippen LogP contribution in [0.2, 0.25) is 0 Å². The van der Waals surface area contributed by atoms with Gasteiger partial charge in [-0.15, -0.1) is 0 Å². The summed E-state index contributed by atoms with van der Waals surface area (Å²) in [4.78, 5) is 9.91. The molecule has 9 heteroatoms. The van der Waals surface area contributed by atoms with Gasteiger partial charge in [0.1, 0.15) is 0 Å². The van der Waals surface area contributed by atoms with Gasteiger partial charge >= 0.3 is 7.82 Å². The SMILES string of the molecule is CCCCCCCCCCCCCCCCCCOC(C)COCCOP(=O)(O)OCCOCC(C)OCCCCCCCCCCCCCCCCCC. The van der Waals surface area contributed by atoms with Gasteiger partial charge in [0.25, 0.3) is 0 Å². The van der Waals surface area contributed by atoms with Crippen LogP contribution in [0.25, 0.3) is 0 Å². The molecule has 332 valence electrons. The molecule has 0 aliphatic carbocycles. The summed E-state index contributed by atoms with van der Waals surface area (Å²) in [5.74, 6) is 0. The van der Waals surface area contributed by atoms with E-state index < -0.39 is 7.82 Å². The largest absolute Gasteiger partial charge is 0.472 e. The van der Waals surface area contributed by atoms with Gasteiger partial charge in [-0.3, -0.25) is 9.05 Å². The molecule has 0 amide bonds. The van der Waals surface area contributed by atoms with Gasteiger partial charge in [-0.2, -0.15) is 0 Å². The van der Waals surface area contributed by atoms with Crippen molar-refractivity contribution in [1.82, 2.24) is 0 Å². The van der Waals surface area contributed by atoms with Crippen molar-refractivity contribution >= 4 is 7.82 Å². The Morgan fingerprint density at radius 2 is 0.600 bits per heavy atom. The molecule has 0 aromatic carbocycles. The van der Waals surface area contributed by atoms with E-state index in [4.69, 9.17) is 28.0 Å². The fraction of sp³-hybridized carbons (Fsp3) is 1.00. The maximum absolute atomic E-state index is 12.1. The van der Waals surface area contributed by atoms with Crippen LogP contribution in [0.1, 0.15) is 233 Å². The first kappa shape index (κ1) is 55.0. The zero-order valence-electron chi connectivity index (χ0n) is 37.2. The van der Waals surface area contributed by atoms with Crippen molar-refractivity contribution in [3.05, 3.63) is 0 Å². The zero-order valence-corrected chi connectivity index (χ0v) is 38.1. The van der Waals surface area contributed by atoms with E-state index in [-0.39, 0.29) is 38.6 Å². The molecule has 1 N–H and O–H groups in total. The molecule has 2 unspecified atom stereocenters. The Morgan fingerprint density at radius 3 is 0.855 bits per heavy atom. The van der Waals surface area contributed by atoms with Gasteiger partial charge in [-0.05, 0) is 26.7 Å². The molecule has 2 atom stereocenters. The normalized spacial score (nSPS) is 14.1. The third-order valence-corrected chi connectivity index (χ3v) is 11.5. The Labute approximate surface area is 342 Å². The van der Waals surface area contributed by atoms with E-state index in [1.54, 1.807) is 0 Å². The first-order chi connectivity index (χ1) is 26.9. The molecule has 0 fully saturated rings. The molecule has 8 nitrogen and oxygen atoms in total. The molecule has 0 heterocycles. The van der Waals surface area contributed by atoms with Crippen molar-refractivity contribution in [1.29, 1.82) is 0 Å². The Bertz CT molecular complexity index is 714. The molecule has 0 spiro atoms. The second-order valence-corrected chi connectivity index (χ2v) is 17.7. The van der Waals surface area contributed by atoms with Gasteiger partial charge in [0, 0.05) is 13.2 Å². The molecule has 0 rings (SSSR count). The number of ether oxygens (including phenoxy) is 4. The van der Waals surface area contributed by atoms with Crippen molar-refractivity contribution in [2.45, 2.75) is 245 Å². The molecule has 0 aliphatic rings.